The molecule has 0 aliphatic heterocycles. The van der Waals surface area contributed by atoms with Gasteiger partial charge in [-0.3, -0.25) is 4.79 Å². The lowest BCUT2D eigenvalue weighted by molar-refractivity contribution is -0.141. The van der Waals surface area contributed by atoms with E-state index >= 15 is 0 Å². The molecule has 27 heavy (non-hydrogen) atoms. The van der Waals surface area contributed by atoms with Gasteiger partial charge in [0, 0.05) is 6.07 Å². The largest absolute Gasteiger partial charge is 0.468 e. The summed E-state index contributed by atoms with van der Waals surface area (Å²) in [4.78, 5) is 11.4. The van der Waals surface area contributed by atoms with Crippen molar-refractivity contribution in [3.63, 3.8) is 0 Å². The number of esters is 1. The first-order valence-corrected chi connectivity index (χ1v) is 7.71. The van der Waals surface area contributed by atoms with Crippen LogP contribution < -0.4 is 4.74 Å². The molecule has 2 aromatic carbocycles. The predicted molar refractivity (Wildman–Crippen MR) is 86.0 cm³/mol. The SMILES string of the molecule is COC(=O)Cn1nnc2ccc(Oc3c(F)cc(C(F)(F)F)cc3Cl)cc21. The second-order valence-electron chi connectivity index (χ2n) is 5.34. The molecule has 0 radical (unpaired) electrons. The quantitative estimate of drug-likeness (QED) is 0.482. The molecule has 3 aromatic rings. The van der Waals surface area contributed by atoms with Crippen LogP contribution in [0.2, 0.25) is 5.02 Å². The molecule has 1 aromatic heterocycles. The molecule has 0 bridgehead atoms. The van der Waals surface area contributed by atoms with E-state index < -0.39 is 34.3 Å². The minimum absolute atomic E-state index is 0.0662. The third-order valence-corrected chi connectivity index (χ3v) is 3.82. The number of carbonyl (C=O) groups excluding carboxylic acids is 1. The normalized spacial score (nSPS) is 11.6. The Morgan fingerprint density at radius 1 is 1.26 bits per heavy atom. The molecule has 0 unspecified atom stereocenters. The average molecular weight is 404 g/mol. The maximum atomic E-state index is 14.1. The highest BCUT2D eigenvalue weighted by Crippen LogP contribution is 2.38. The molecule has 0 saturated carbocycles. The second-order valence-corrected chi connectivity index (χ2v) is 5.75. The van der Waals surface area contributed by atoms with E-state index in [0.29, 0.717) is 23.2 Å². The number of hydrogen-bond donors (Lipinski definition) is 0. The topological polar surface area (TPSA) is 66.2 Å². The van der Waals surface area contributed by atoms with Gasteiger partial charge in [-0.1, -0.05) is 16.8 Å². The van der Waals surface area contributed by atoms with E-state index in [2.05, 4.69) is 15.0 Å². The fourth-order valence-electron chi connectivity index (χ4n) is 2.25. The molecule has 11 heteroatoms. The van der Waals surface area contributed by atoms with Crippen LogP contribution in [-0.4, -0.2) is 28.1 Å². The van der Waals surface area contributed by atoms with Gasteiger partial charge in [0.25, 0.3) is 0 Å². The predicted octanol–water partition coefficient (Wildman–Crippen LogP) is 4.21. The van der Waals surface area contributed by atoms with Gasteiger partial charge in [0.15, 0.2) is 11.6 Å². The maximum Gasteiger partial charge on any atom is 0.416 e. The van der Waals surface area contributed by atoms with Gasteiger partial charge in [-0.2, -0.15) is 13.2 Å². The first-order valence-electron chi connectivity index (χ1n) is 7.33. The molecule has 3 rings (SSSR count). The first-order chi connectivity index (χ1) is 12.7. The number of aromatic nitrogens is 3. The van der Waals surface area contributed by atoms with E-state index in [1.54, 1.807) is 0 Å². The number of alkyl halides is 3. The molecule has 0 spiro atoms. The number of methoxy groups -OCH3 is 1. The fourth-order valence-corrected chi connectivity index (χ4v) is 2.50. The lowest BCUT2D eigenvalue weighted by atomic mass is 10.2. The van der Waals surface area contributed by atoms with E-state index in [0.717, 1.165) is 0 Å². The van der Waals surface area contributed by atoms with Crippen molar-refractivity contribution in [3.8, 4) is 11.5 Å². The Kier molecular flexibility index (Phi) is 4.92. The average Bonchev–Trinajstić information content (AvgIpc) is 2.99. The number of benzene rings is 2. The van der Waals surface area contributed by atoms with Gasteiger partial charge < -0.3 is 9.47 Å². The number of hydrogen-bond acceptors (Lipinski definition) is 5. The van der Waals surface area contributed by atoms with Gasteiger partial charge in [0.05, 0.1) is 23.2 Å². The smallest absolute Gasteiger partial charge is 0.416 e. The van der Waals surface area contributed by atoms with Crippen LogP contribution in [0.4, 0.5) is 17.6 Å². The summed E-state index contributed by atoms with van der Waals surface area (Å²) >= 11 is 5.75. The van der Waals surface area contributed by atoms with E-state index in [1.165, 1.54) is 30.0 Å². The molecule has 0 aliphatic carbocycles. The van der Waals surface area contributed by atoms with Crippen molar-refractivity contribution >= 4 is 28.6 Å². The number of rotatable bonds is 4. The Labute approximate surface area is 154 Å². The minimum atomic E-state index is -4.74. The Morgan fingerprint density at radius 2 is 2.00 bits per heavy atom. The van der Waals surface area contributed by atoms with Crippen LogP contribution >= 0.6 is 11.6 Å². The molecule has 0 amide bonds. The zero-order valence-corrected chi connectivity index (χ0v) is 14.3. The zero-order valence-electron chi connectivity index (χ0n) is 13.6. The molecule has 0 atom stereocenters. The van der Waals surface area contributed by atoms with Crippen molar-refractivity contribution in [2.24, 2.45) is 0 Å². The number of nitrogens with zero attached hydrogens (tertiary/aromatic N) is 3. The Balaban J connectivity index is 1.95. The lowest BCUT2D eigenvalue weighted by Gasteiger charge is -2.12. The van der Waals surface area contributed by atoms with Crippen LogP contribution in [0.5, 0.6) is 11.5 Å². The van der Waals surface area contributed by atoms with Gasteiger partial charge in [-0.15, -0.1) is 5.10 Å². The summed E-state index contributed by atoms with van der Waals surface area (Å²) in [5.41, 5.74) is -0.431. The summed E-state index contributed by atoms with van der Waals surface area (Å²) in [6.45, 7) is -0.216. The summed E-state index contributed by atoms with van der Waals surface area (Å²) in [6.07, 6.45) is -4.74. The number of ether oxygens (including phenoxy) is 2. The van der Waals surface area contributed by atoms with Crippen molar-refractivity contribution < 1.29 is 31.8 Å². The highest BCUT2D eigenvalue weighted by atomic mass is 35.5. The number of carbonyl (C=O) groups is 1. The van der Waals surface area contributed by atoms with Crippen LogP contribution in [-0.2, 0) is 22.3 Å². The van der Waals surface area contributed by atoms with E-state index in [-0.39, 0.29) is 12.3 Å². The molecule has 0 N–H and O–H groups in total. The maximum absolute atomic E-state index is 14.1. The third-order valence-electron chi connectivity index (χ3n) is 3.54. The van der Waals surface area contributed by atoms with Crippen LogP contribution in [0.3, 0.4) is 0 Å². The van der Waals surface area contributed by atoms with Crippen LogP contribution in [0.15, 0.2) is 30.3 Å². The number of fused-ring (bicyclic) bond motifs is 1. The van der Waals surface area contributed by atoms with Crippen molar-refractivity contribution in [2.75, 3.05) is 7.11 Å². The van der Waals surface area contributed by atoms with E-state index in [9.17, 15) is 22.4 Å². The van der Waals surface area contributed by atoms with Crippen molar-refractivity contribution in [1.82, 2.24) is 15.0 Å². The Morgan fingerprint density at radius 3 is 2.63 bits per heavy atom. The Hall–Kier alpha value is -2.88. The molecule has 142 valence electrons. The van der Waals surface area contributed by atoms with E-state index in [4.69, 9.17) is 16.3 Å². The highest BCUT2D eigenvalue weighted by molar-refractivity contribution is 6.32. The van der Waals surface area contributed by atoms with Gasteiger partial charge in [0.1, 0.15) is 17.8 Å². The first kappa shape index (κ1) is 18.9. The van der Waals surface area contributed by atoms with Gasteiger partial charge >= 0.3 is 12.1 Å². The lowest BCUT2D eigenvalue weighted by Crippen LogP contribution is -2.12. The van der Waals surface area contributed by atoms with Gasteiger partial charge in [-0.05, 0) is 24.3 Å². The molecule has 0 aliphatic rings. The monoisotopic (exact) mass is 403 g/mol. The molecule has 1 heterocycles. The zero-order chi connectivity index (χ0) is 19.8. The fraction of sp³-hybridized carbons (Fsp3) is 0.188. The van der Waals surface area contributed by atoms with Crippen LogP contribution in [0.1, 0.15) is 5.56 Å². The standard InChI is InChI=1S/C16H10ClF4N3O3/c1-26-14(25)7-24-13-6-9(2-3-12(13)22-23-24)27-15-10(17)4-8(5-11(15)18)16(19,20)21/h2-6H,7H2,1H3. The van der Waals surface area contributed by atoms with Crippen LogP contribution in [0.25, 0.3) is 11.0 Å². The number of halogens is 5. The van der Waals surface area contributed by atoms with Gasteiger partial charge in [-0.25, -0.2) is 9.07 Å². The summed E-state index contributed by atoms with van der Waals surface area (Å²) in [5.74, 6) is -2.33. The molecule has 6 nitrogen and oxygen atoms in total. The summed E-state index contributed by atoms with van der Waals surface area (Å²) in [7, 11) is 1.21. The molecule has 0 saturated heterocycles. The Bertz CT molecular complexity index is 997. The van der Waals surface area contributed by atoms with Crippen molar-refractivity contribution in [3.05, 3.63) is 46.7 Å². The third kappa shape index (κ3) is 3.95. The van der Waals surface area contributed by atoms with E-state index in [1.807, 2.05) is 0 Å². The highest BCUT2D eigenvalue weighted by Gasteiger charge is 2.32. The minimum Gasteiger partial charge on any atom is -0.468 e. The van der Waals surface area contributed by atoms with Crippen LogP contribution in [0, 0.1) is 5.82 Å². The molecule has 0 fully saturated rings. The van der Waals surface area contributed by atoms with Gasteiger partial charge in [0.2, 0.25) is 0 Å². The summed E-state index contributed by atoms with van der Waals surface area (Å²) in [5, 5.41) is 7.10. The summed E-state index contributed by atoms with van der Waals surface area (Å²) < 4.78 is 63.3. The van der Waals surface area contributed by atoms with Crippen molar-refractivity contribution in [2.45, 2.75) is 12.7 Å². The molecular formula is C16H10ClF4N3O3. The van der Waals surface area contributed by atoms with Crippen molar-refractivity contribution in [1.29, 1.82) is 0 Å². The summed E-state index contributed by atoms with van der Waals surface area (Å²) in [6, 6.07) is 5.16. The molecular weight excluding hydrogens is 394 g/mol. The second kappa shape index (κ2) is 7.03.